The Hall–Kier alpha value is -2.15. The van der Waals surface area contributed by atoms with Gasteiger partial charge in [0.25, 0.3) is 5.91 Å². The third kappa shape index (κ3) is 3.76. The standard InChI is InChI=1S/C18H25N5O2/c1-25-17-9-16-15(20-22-21-16)8-14(17)18(24)19-13-4-2-3-7-23(11-13)10-12-5-6-12/h8-9,12-13H,2-7,10-11H2,1H3,(H,19,24)(H,20,21,22). The number of fused-ring (bicyclic) bond motifs is 1. The van der Waals surface area contributed by atoms with E-state index in [1.165, 1.54) is 25.8 Å². The minimum absolute atomic E-state index is 0.0972. The van der Waals surface area contributed by atoms with Gasteiger partial charge in [-0.3, -0.25) is 4.79 Å². The average molecular weight is 343 g/mol. The van der Waals surface area contributed by atoms with Crippen molar-refractivity contribution in [3.63, 3.8) is 0 Å². The fraction of sp³-hybridized carbons (Fsp3) is 0.611. The van der Waals surface area contributed by atoms with E-state index < -0.39 is 0 Å². The third-order valence-corrected chi connectivity index (χ3v) is 5.19. The Morgan fingerprint density at radius 3 is 2.84 bits per heavy atom. The highest BCUT2D eigenvalue weighted by Gasteiger charge is 2.27. The molecule has 1 aromatic heterocycles. The lowest BCUT2D eigenvalue weighted by Gasteiger charge is -2.25. The Morgan fingerprint density at radius 1 is 1.28 bits per heavy atom. The smallest absolute Gasteiger partial charge is 0.255 e. The number of aromatic nitrogens is 3. The number of methoxy groups -OCH3 is 1. The summed E-state index contributed by atoms with van der Waals surface area (Å²) in [7, 11) is 1.57. The van der Waals surface area contributed by atoms with Crippen LogP contribution in [-0.4, -0.2) is 59.0 Å². The summed E-state index contributed by atoms with van der Waals surface area (Å²) in [6, 6.07) is 3.68. The molecule has 2 fully saturated rings. The van der Waals surface area contributed by atoms with E-state index in [1.807, 2.05) is 0 Å². The summed E-state index contributed by atoms with van der Waals surface area (Å²) in [6.07, 6.45) is 6.13. The molecule has 2 aliphatic rings. The fourth-order valence-electron chi connectivity index (χ4n) is 3.65. The van der Waals surface area contributed by atoms with Crippen molar-refractivity contribution < 1.29 is 9.53 Å². The van der Waals surface area contributed by atoms with Gasteiger partial charge in [-0.2, -0.15) is 15.4 Å². The molecule has 1 aliphatic heterocycles. The van der Waals surface area contributed by atoms with E-state index in [-0.39, 0.29) is 11.9 Å². The quantitative estimate of drug-likeness (QED) is 0.867. The second-order valence-electron chi connectivity index (χ2n) is 7.23. The van der Waals surface area contributed by atoms with Gasteiger partial charge in [0.1, 0.15) is 16.8 Å². The van der Waals surface area contributed by atoms with Gasteiger partial charge in [-0.25, -0.2) is 0 Å². The first-order valence-electron chi connectivity index (χ1n) is 9.14. The summed E-state index contributed by atoms with van der Waals surface area (Å²) in [5.41, 5.74) is 1.88. The summed E-state index contributed by atoms with van der Waals surface area (Å²) in [4.78, 5) is 15.4. The second-order valence-corrected chi connectivity index (χ2v) is 7.23. The van der Waals surface area contributed by atoms with Crippen LogP contribution in [0.15, 0.2) is 12.1 Å². The minimum atomic E-state index is -0.0972. The molecular weight excluding hydrogens is 318 g/mol. The van der Waals surface area contributed by atoms with Crippen molar-refractivity contribution in [2.24, 2.45) is 5.92 Å². The molecule has 1 aliphatic carbocycles. The number of carbonyl (C=O) groups is 1. The zero-order valence-electron chi connectivity index (χ0n) is 14.6. The molecule has 1 aromatic carbocycles. The molecule has 2 heterocycles. The summed E-state index contributed by atoms with van der Waals surface area (Å²) >= 11 is 0. The highest BCUT2D eigenvalue weighted by Crippen LogP contribution is 2.30. The topological polar surface area (TPSA) is 83.1 Å². The number of hydrogen-bond acceptors (Lipinski definition) is 5. The van der Waals surface area contributed by atoms with Gasteiger partial charge in [-0.05, 0) is 44.2 Å². The molecule has 7 heteroatoms. The van der Waals surface area contributed by atoms with Crippen LogP contribution in [0.4, 0.5) is 0 Å². The van der Waals surface area contributed by atoms with Crippen molar-refractivity contribution in [2.75, 3.05) is 26.7 Å². The van der Waals surface area contributed by atoms with Gasteiger partial charge >= 0.3 is 0 Å². The molecule has 25 heavy (non-hydrogen) atoms. The third-order valence-electron chi connectivity index (χ3n) is 5.19. The molecule has 1 saturated carbocycles. The molecule has 0 bridgehead atoms. The molecular formula is C18H25N5O2. The maximum atomic E-state index is 12.8. The van der Waals surface area contributed by atoms with Crippen molar-refractivity contribution >= 4 is 16.9 Å². The Kier molecular flexibility index (Phi) is 4.57. The lowest BCUT2D eigenvalue weighted by molar-refractivity contribution is 0.0923. The van der Waals surface area contributed by atoms with Crippen molar-refractivity contribution in [3.05, 3.63) is 17.7 Å². The lowest BCUT2D eigenvalue weighted by Crippen LogP contribution is -2.43. The number of nitrogens with zero attached hydrogens (tertiary/aromatic N) is 3. The van der Waals surface area contributed by atoms with Gasteiger partial charge in [0.2, 0.25) is 0 Å². The SMILES string of the molecule is COc1cc2n[nH]nc2cc1C(=O)NC1CCCCN(CC2CC2)C1. The van der Waals surface area contributed by atoms with Gasteiger partial charge in [0, 0.05) is 25.2 Å². The first-order valence-corrected chi connectivity index (χ1v) is 9.14. The number of benzene rings is 1. The van der Waals surface area contributed by atoms with Crippen molar-refractivity contribution in [2.45, 2.75) is 38.1 Å². The zero-order valence-corrected chi connectivity index (χ0v) is 14.6. The maximum absolute atomic E-state index is 12.8. The maximum Gasteiger partial charge on any atom is 0.255 e. The van der Waals surface area contributed by atoms with E-state index >= 15 is 0 Å². The molecule has 1 unspecified atom stereocenters. The number of H-pyrrole nitrogens is 1. The van der Waals surface area contributed by atoms with Crippen molar-refractivity contribution in [1.82, 2.24) is 25.6 Å². The van der Waals surface area contributed by atoms with E-state index in [2.05, 4.69) is 25.6 Å². The number of amides is 1. The number of likely N-dealkylation sites (tertiary alicyclic amines) is 1. The van der Waals surface area contributed by atoms with E-state index in [1.54, 1.807) is 19.2 Å². The van der Waals surface area contributed by atoms with E-state index in [9.17, 15) is 4.79 Å². The molecule has 1 amide bonds. The summed E-state index contributed by atoms with van der Waals surface area (Å²) in [6.45, 7) is 3.27. The molecule has 1 atom stereocenters. The van der Waals surface area contributed by atoms with Crippen LogP contribution in [0, 0.1) is 5.92 Å². The number of ether oxygens (including phenoxy) is 1. The van der Waals surface area contributed by atoms with Gasteiger partial charge in [0.05, 0.1) is 12.7 Å². The minimum Gasteiger partial charge on any atom is -0.496 e. The molecule has 2 N–H and O–H groups in total. The Bertz CT molecular complexity index is 755. The Morgan fingerprint density at radius 2 is 2.08 bits per heavy atom. The van der Waals surface area contributed by atoms with Gasteiger partial charge < -0.3 is 15.0 Å². The normalized spacial score (nSPS) is 21.9. The van der Waals surface area contributed by atoms with Crippen LogP contribution in [0.1, 0.15) is 42.5 Å². The van der Waals surface area contributed by atoms with Gasteiger partial charge in [-0.1, -0.05) is 6.42 Å². The van der Waals surface area contributed by atoms with Crippen LogP contribution in [0.3, 0.4) is 0 Å². The lowest BCUT2D eigenvalue weighted by atomic mass is 10.1. The van der Waals surface area contributed by atoms with Gasteiger partial charge in [-0.15, -0.1) is 0 Å². The number of hydrogen-bond donors (Lipinski definition) is 2. The van der Waals surface area contributed by atoms with E-state index in [4.69, 9.17) is 4.74 Å². The number of carbonyl (C=O) groups excluding carboxylic acids is 1. The average Bonchev–Trinajstić information content (AvgIpc) is 3.35. The first-order chi connectivity index (χ1) is 12.2. The van der Waals surface area contributed by atoms with Crippen LogP contribution in [0.25, 0.3) is 11.0 Å². The number of aromatic amines is 1. The molecule has 0 spiro atoms. The van der Waals surface area contributed by atoms with E-state index in [0.29, 0.717) is 22.3 Å². The van der Waals surface area contributed by atoms with Crippen LogP contribution < -0.4 is 10.1 Å². The predicted octanol–water partition coefficient (Wildman–Crippen LogP) is 1.96. The number of rotatable bonds is 5. The second kappa shape index (κ2) is 7.00. The van der Waals surface area contributed by atoms with Gasteiger partial charge in [0.15, 0.2) is 0 Å². The summed E-state index contributed by atoms with van der Waals surface area (Å²) in [5.74, 6) is 1.31. The Balaban J connectivity index is 1.48. The monoisotopic (exact) mass is 343 g/mol. The molecule has 4 rings (SSSR count). The predicted molar refractivity (Wildman–Crippen MR) is 94.7 cm³/mol. The van der Waals surface area contributed by atoms with E-state index in [0.717, 1.165) is 31.8 Å². The first kappa shape index (κ1) is 16.3. The van der Waals surface area contributed by atoms with Crippen LogP contribution >= 0.6 is 0 Å². The molecule has 2 aromatic rings. The fourth-order valence-corrected chi connectivity index (χ4v) is 3.65. The highest BCUT2D eigenvalue weighted by molar-refractivity contribution is 6.00. The van der Waals surface area contributed by atoms with Crippen molar-refractivity contribution in [3.8, 4) is 5.75 Å². The van der Waals surface area contributed by atoms with Crippen LogP contribution in [-0.2, 0) is 0 Å². The highest BCUT2D eigenvalue weighted by atomic mass is 16.5. The van der Waals surface area contributed by atoms with Crippen LogP contribution in [0.5, 0.6) is 5.75 Å². The molecule has 1 saturated heterocycles. The number of nitrogens with one attached hydrogen (secondary N) is 2. The Labute approximate surface area is 147 Å². The zero-order chi connectivity index (χ0) is 17.2. The van der Waals surface area contributed by atoms with Crippen molar-refractivity contribution in [1.29, 1.82) is 0 Å². The largest absolute Gasteiger partial charge is 0.496 e. The van der Waals surface area contributed by atoms with Crippen LogP contribution in [0.2, 0.25) is 0 Å². The molecule has 0 radical (unpaired) electrons. The summed E-state index contributed by atoms with van der Waals surface area (Å²) in [5, 5.41) is 13.9. The molecule has 7 nitrogen and oxygen atoms in total. The summed E-state index contributed by atoms with van der Waals surface area (Å²) < 4.78 is 5.39. The molecule has 134 valence electrons.